The molecule has 3 amide bonds. The first-order valence-corrected chi connectivity index (χ1v) is 9.71. The Balaban J connectivity index is 1.68. The summed E-state index contributed by atoms with van der Waals surface area (Å²) in [6.07, 6.45) is 4.88. The van der Waals surface area contributed by atoms with Gasteiger partial charge in [0.1, 0.15) is 0 Å². The van der Waals surface area contributed by atoms with Crippen LogP contribution >= 0.6 is 0 Å². The average Bonchev–Trinajstić information content (AvgIpc) is 2.55. The molecule has 0 aliphatic carbocycles. The fourth-order valence-corrected chi connectivity index (χ4v) is 4.13. The van der Waals surface area contributed by atoms with Crippen molar-refractivity contribution in [3.05, 3.63) is 29.8 Å². The molecule has 2 N–H and O–H groups in total. The van der Waals surface area contributed by atoms with Crippen LogP contribution in [0.3, 0.4) is 0 Å². The number of anilines is 1. The lowest BCUT2D eigenvalue weighted by Crippen LogP contribution is -2.60. The lowest BCUT2D eigenvalue weighted by molar-refractivity contribution is -0.129. The predicted molar refractivity (Wildman–Crippen MR) is 104 cm³/mol. The molecule has 2 aliphatic heterocycles. The topological polar surface area (TPSA) is 61.4 Å². The van der Waals surface area contributed by atoms with E-state index in [9.17, 15) is 9.59 Å². The van der Waals surface area contributed by atoms with E-state index in [2.05, 4.69) is 10.6 Å². The number of nitrogens with zero attached hydrogens (tertiary/aromatic N) is 1. The number of nitrogens with one attached hydrogen (secondary N) is 2. The molecule has 0 saturated carbocycles. The number of aryl methyl sites for hydroxylation is 1. The third-order valence-electron chi connectivity index (χ3n) is 5.61. The minimum atomic E-state index is -0.381. The van der Waals surface area contributed by atoms with Gasteiger partial charge in [0.05, 0.1) is 0 Å². The molecule has 0 radical (unpaired) electrons. The van der Waals surface area contributed by atoms with E-state index >= 15 is 0 Å². The quantitative estimate of drug-likeness (QED) is 0.838. The van der Waals surface area contributed by atoms with Gasteiger partial charge in [0.15, 0.2) is 0 Å². The van der Waals surface area contributed by atoms with Gasteiger partial charge in [-0.2, -0.15) is 0 Å². The van der Waals surface area contributed by atoms with Crippen molar-refractivity contribution in [2.75, 3.05) is 5.32 Å². The van der Waals surface area contributed by atoms with E-state index in [4.69, 9.17) is 0 Å². The van der Waals surface area contributed by atoms with Crippen LogP contribution in [0.4, 0.5) is 10.5 Å². The Labute approximate surface area is 156 Å². The lowest BCUT2D eigenvalue weighted by atomic mass is 9.81. The van der Waals surface area contributed by atoms with E-state index in [-0.39, 0.29) is 35.5 Å². The zero-order valence-electron chi connectivity index (χ0n) is 16.3. The van der Waals surface area contributed by atoms with Crippen molar-refractivity contribution in [3.63, 3.8) is 0 Å². The Morgan fingerprint density at radius 1 is 1.08 bits per heavy atom. The number of rotatable bonds is 2. The first-order chi connectivity index (χ1) is 12.3. The van der Waals surface area contributed by atoms with Crippen LogP contribution in [0.2, 0.25) is 0 Å². The molecule has 142 valence electrons. The Bertz CT molecular complexity index is 666. The molecule has 2 saturated heterocycles. The Morgan fingerprint density at radius 2 is 1.69 bits per heavy atom. The fraction of sp³-hybridized carbons (Fsp3) is 0.619. The number of hydrogen-bond donors (Lipinski definition) is 2. The Kier molecular flexibility index (Phi) is 5.26. The highest BCUT2D eigenvalue weighted by Gasteiger charge is 2.41. The zero-order valence-corrected chi connectivity index (χ0v) is 16.3. The number of amides is 3. The molecular weight excluding hydrogens is 326 g/mol. The molecule has 3 atom stereocenters. The van der Waals surface area contributed by atoms with Gasteiger partial charge in [0.25, 0.3) is 0 Å². The molecule has 0 aromatic heterocycles. The predicted octanol–water partition coefficient (Wildman–Crippen LogP) is 4.07. The number of hydrogen-bond acceptors (Lipinski definition) is 2. The SMILES string of the molecule is Cc1ccccc1NC(=O)N1[C@@H]2CCC[C@H]1CC(NC(=O)C(C)(C)C)C2. The summed E-state index contributed by atoms with van der Waals surface area (Å²) >= 11 is 0. The van der Waals surface area contributed by atoms with Crippen molar-refractivity contribution in [1.29, 1.82) is 0 Å². The third-order valence-corrected chi connectivity index (χ3v) is 5.61. The molecule has 1 unspecified atom stereocenters. The standard InChI is InChI=1S/C21H31N3O2/c1-14-8-5-6-11-18(14)23-20(26)24-16-9-7-10-17(24)13-15(12-16)22-19(25)21(2,3)4/h5-6,8,11,15-17H,7,9-10,12-13H2,1-4H3,(H,22,25)(H,23,26)/t15?,16-,17+. The summed E-state index contributed by atoms with van der Waals surface area (Å²) in [6, 6.07) is 8.44. The number of piperidine rings is 2. The minimum absolute atomic E-state index is 0.00500. The summed E-state index contributed by atoms with van der Waals surface area (Å²) in [6.45, 7) is 7.82. The highest BCUT2D eigenvalue weighted by molar-refractivity contribution is 5.90. The van der Waals surface area contributed by atoms with Gasteiger partial charge in [-0.15, -0.1) is 0 Å². The van der Waals surface area contributed by atoms with Gasteiger partial charge in [-0.05, 0) is 50.7 Å². The van der Waals surface area contributed by atoms with E-state index in [1.54, 1.807) is 0 Å². The first kappa shape index (κ1) is 18.7. The number of para-hydroxylation sites is 1. The number of benzene rings is 1. The van der Waals surface area contributed by atoms with Crippen LogP contribution in [-0.2, 0) is 4.79 Å². The van der Waals surface area contributed by atoms with E-state index in [0.29, 0.717) is 0 Å². The van der Waals surface area contributed by atoms with Crippen LogP contribution in [0.5, 0.6) is 0 Å². The smallest absolute Gasteiger partial charge is 0.322 e. The van der Waals surface area contributed by atoms with Gasteiger partial charge in [-0.1, -0.05) is 39.0 Å². The first-order valence-electron chi connectivity index (χ1n) is 9.71. The van der Waals surface area contributed by atoms with Crippen molar-refractivity contribution in [3.8, 4) is 0 Å². The summed E-state index contributed by atoms with van der Waals surface area (Å²) < 4.78 is 0. The van der Waals surface area contributed by atoms with Gasteiger partial charge in [0, 0.05) is 29.2 Å². The van der Waals surface area contributed by atoms with Crippen LogP contribution in [-0.4, -0.2) is 35.0 Å². The summed E-state index contributed by atoms with van der Waals surface area (Å²) in [5.41, 5.74) is 1.56. The van der Waals surface area contributed by atoms with Crippen LogP contribution in [0.15, 0.2) is 24.3 Å². The molecule has 1 aromatic rings. The number of urea groups is 1. The second kappa shape index (κ2) is 7.29. The highest BCUT2D eigenvalue weighted by atomic mass is 16.2. The van der Waals surface area contributed by atoms with E-state index in [0.717, 1.165) is 43.4 Å². The summed E-state index contributed by atoms with van der Waals surface area (Å²) in [7, 11) is 0. The molecule has 2 aliphatic rings. The summed E-state index contributed by atoms with van der Waals surface area (Å²) in [4.78, 5) is 27.3. The van der Waals surface area contributed by atoms with Crippen molar-refractivity contribution in [1.82, 2.24) is 10.2 Å². The number of carbonyl (C=O) groups excluding carboxylic acids is 2. The molecule has 2 fully saturated rings. The third kappa shape index (κ3) is 4.02. The van der Waals surface area contributed by atoms with E-state index < -0.39 is 0 Å². The van der Waals surface area contributed by atoms with Crippen molar-refractivity contribution in [2.45, 2.75) is 77.9 Å². The van der Waals surface area contributed by atoms with Crippen LogP contribution < -0.4 is 10.6 Å². The van der Waals surface area contributed by atoms with Gasteiger partial charge in [0.2, 0.25) is 5.91 Å². The molecule has 5 heteroatoms. The zero-order chi connectivity index (χ0) is 18.9. The maximum Gasteiger partial charge on any atom is 0.322 e. The second-order valence-electron chi connectivity index (χ2n) is 8.78. The van der Waals surface area contributed by atoms with Gasteiger partial charge in [-0.3, -0.25) is 4.79 Å². The molecular formula is C21H31N3O2. The van der Waals surface area contributed by atoms with Crippen molar-refractivity contribution < 1.29 is 9.59 Å². The Hall–Kier alpha value is -2.04. The van der Waals surface area contributed by atoms with E-state index in [1.165, 1.54) is 0 Å². The molecule has 1 aromatic carbocycles. The lowest BCUT2D eigenvalue weighted by Gasteiger charge is -2.49. The second-order valence-corrected chi connectivity index (χ2v) is 8.78. The molecule has 2 heterocycles. The Morgan fingerprint density at radius 3 is 2.27 bits per heavy atom. The largest absolute Gasteiger partial charge is 0.353 e. The minimum Gasteiger partial charge on any atom is -0.353 e. The van der Waals surface area contributed by atoms with Crippen LogP contribution in [0, 0.1) is 12.3 Å². The maximum absolute atomic E-state index is 12.9. The molecule has 2 bridgehead atoms. The monoisotopic (exact) mass is 357 g/mol. The molecule has 26 heavy (non-hydrogen) atoms. The van der Waals surface area contributed by atoms with Crippen LogP contribution in [0.1, 0.15) is 58.4 Å². The maximum atomic E-state index is 12.9. The average molecular weight is 357 g/mol. The van der Waals surface area contributed by atoms with Crippen molar-refractivity contribution >= 4 is 17.6 Å². The molecule has 5 nitrogen and oxygen atoms in total. The summed E-state index contributed by atoms with van der Waals surface area (Å²) in [5, 5.41) is 6.30. The van der Waals surface area contributed by atoms with Crippen LogP contribution in [0.25, 0.3) is 0 Å². The number of fused-ring (bicyclic) bond motifs is 2. The summed E-state index contributed by atoms with van der Waals surface area (Å²) in [5.74, 6) is 0.0957. The fourth-order valence-electron chi connectivity index (χ4n) is 4.13. The van der Waals surface area contributed by atoms with Gasteiger partial charge >= 0.3 is 6.03 Å². The highest BCUT2D eigenvalue weighted by Crippen LogP contribution is 2.35. The normalized spacial score (nSPS) is 25.5. The van der Waals surface area contributed by atoms with Crippen molar-refractivity contribution in [2.24, 2.45) is 5.41 Å². The van der Waals surface area contributed by atoms with Gasteiger partial charge < -0.3 is 15.5 Å². The van der Waals surface area contributed by atoms with Gasteiger partial charge in [-0.25, -0.2) is 4.79 Å². The molecule has 3 rings (SSSR count). The molecule has 0 spiro atoms. The number of carbonyl (C=O) groups is 2. The van der Waals surface area contributed by atoms with E-state index in [1.807, 2.05) is 56.9 Å².